The Labute approximate surface area is 87.2 Å². The van der Waals surface area contributed by atoms with Crippen LogP contribution < -0.4 is 10.1 Å². The molecule has 1 atom stereocenters. The highest BCUT2D eigenvalue weighted by molar-refractivity contribution is 5.73. The maximum absolute atomic E-state index is 10.3. The van der Waals surface area contributed by atoms with E-state index in [0.717, 1.165) is 6.42 Å². The average Bonchev–Trinajstić information content (AvgIpc) is 2.78. The smallest absolute Gasteiger partial charge is 0.257 e. The standard InChI is InChI=1S/C9H13N3O3/c1-12-4-8(10-6-13)9(11-12)15-7-2-3-14-5-7/h4,6-7H,2-3,5H2,1H3,(H,10,13). The Morgan fingerprint density at radius 1 is 1.80 bits per heavy atom. The van der Waals surface area contributed by atoms with Gasteiger partial charge < -0.3 is 14.8 Å². The van der Waals surface area contributed by atoms with Crippen LogP contribution in [0.1, 0.15) is 6.42 Å². The minimum atomic E-state index is 0.0344. The molecule has 2 heterocycles. The molecule has 2 rings (SSSR count). The zero-order valence-corrected chi connectivity index (χ0v) is 8.47. The molecule has 1 amide bonds. The second-order valence-electron chi connectivity index (χ2n) is 3.39. The third-order valence-corrected chi connectivity index (χ3v) is 2.18. The first kappa shape index (κ1) is 9.97. The van der Waals surface area contributed by atoms with Gasteiger partial charge in [0.1, 0.15) is 11.8 Å². The van der Waals surface area contributed by atoms with Crippen LogP contribution in [0, 0.1) is 0 Å². The summed E-state index contributed by atoms with van der Waals surface area (Å²) in [5.41, 5.74) is 0.583. The number of aryl methyl sites for hydroxylation is 1. The van der Waals surface area contributed by atoms with Crippen molar-refractivity contribution >= 4 is 12.1 Å². The number of ether oxygens (including phenoxy) is 2. The number of aromatic nitrogens is 2. The van der Waals surface area contributed by atoms with Gasteiger partial charge in [0.25, 0.3) is 5.88 Å². The molecule has 1 N–H and O–H groups in total. The highest BCUT2D eigenvalue weighted by Crippen LogP contribution is 2.23. The summed E-state index contributed by atoms with van der Waals surface area (Å²) in [6.45, 7) is 1.30. The van der Waals surface area contributed by atoms with Crippen LogP contribution >= 0.6 is 0 Å². The fraction of sp³-hybridized carbons (Fsp3) is 0.556. The quantitative estimate of drug-likeness (QED) is 0.720. The van der Waals surface area contributed by atoms with Crippen molar-refractivity contribution in [1.29, 1.82) is 0 Å². The van der Waals surface area contributed by atoms with E-state index in [1.807, 2.05) is 0 Å². The first-order valence-corrected chi connectivity index (χ1v) is 4.78. The van der Waals surface area contributed by atoms with E-state index in [1.54, 1.807) is 17.9 Å². The maximum atomic E-state index is 10.3. The summed E-state index contributed by atoms with van der Waals surface area (Å²) in [4.78, 5) is 10.3. The van der Waals surface area contributed by atoms with Crippen molar-refractivity contribution in [3.8, 4) is 5.88 Å². The summed E-state index contributed by atoms with van der Waals surface area (Å²) in [6, 6.07) is 0. The molecule has 0 saturated carbocycles. The molecule has 1 aliphatic rings. The van der Waals surface area contributed by atoms with Crippen LogP contribution in [0.5, 0.6) is 5.88 Å². The van der Waals surface area contributed by atoms with Gasteiger partial charge in [0.15, 0.2) is 0 Å². The van der Waals surface area contributed by atoms with Crippen molar-refractivity contribution in [3.63, 3.8) is 0 Å². The fourth-order valence-corrected chi connectivity index (χ4v) is 1.48. The predicted octanol–water partition coefficient (Wildman–Crippen LogP) is 0.156. The molecule has 1 aliphatic heterocycles. The van der Waals surface area contributed by atoms with E-state index in [9.17, 15) is 4.79 Å². The number of nitrogens with zero attached hydrogens (tertiary/aromatic N) is 2. The van der Waals surface area contributed by atoms with Crippen LogP contribution in [0.3, 0.4) is 0 Å². The molecule has 82 valence electrons. The first-order valence-electron chi connectivity index (χ1n) is 4.78. The number of anilines is 1. The topological polar surface area (TPSA) is 65.4 Å². The lowest BCUT2D eigenvalue weighted by atomic mass is 10.3. The summed E-state index contributed by atoms with van der Waals surface area (Å²) >= 11 is 0. The number of nitrogens with one attached hydrogen (secondary N) is 1. The van der Waals surface area contributed by atoms with E-state index in [4.69, 9.17) is 9.47 Å². The maximum Gasteiger partial charge on any atom is 0.257 e. The van der Waals surface area contributed by atoms with Gasteiger partial charge in [-0.05, 0) is 0 Å². The van der Waals surface area contributed by atoms with Gasteiger partial charge in [-0.1, -0.05) is 0 Å². The molecular formula is C9H13N3O3. The van der Waals surface area contributed by atoms with Gasteiger partial charge in [0.2, 0.25) is 6.41 Å². The normalized spacial score (nSPS) is 20.2. The van der Waals surface area contributed by atoms with Crippen LogP contribution in [0.4, 0.5) is 5.69 Å². The van der Waals surface area contributed by atoms with Gasteiger partial charge in [-0.3, -0.25) is 9.48 Å². The Morgan fingerprint density at radius 2 is 2.67 bits per heavy atom. The van der Waals surface area contributed by atoms with Crippen molar-refractivity contribution in [2.45, 2.75) is 12.5 Å². The van der Waals surface area contributed by atoms with Crippen molar-refractivity contribution in [2.75, 3.05) is 18.5 Å². The molecular weight excluding hydrogens is 198 g/mol. The highest BCUT2D eigenvalue weighted by Gasteiger charge is 2.20. The number of hydrogen-bond acceptors (Lipinski definition) is 4. The predicted molar refractivity (Wildman–Crippen MR) is 52.7 cm³/mol. The minimum absolute atomic E-state index is 0.0344. The Bertz CT molecular complexity index is 344. The first-order chi connectivity index (χ1) is 7.29. The lowest BCUT2D eigenvalue weighted by Crippen LogP contribution is -2.16. The van der Waals surface area contributed by atoms with E-state index in [0.29, 0.717) is 31.2 Å². The van der Waals surface area contributed by atoms with Crippen LogP contribution in [0.25, 0.3) is 0 Å². The van der Waals surface area contributed by atoms with Crippen molar-refractivity contribution < 1.29 is 14.3 Å². The van der Waals surface area contributed by atoms with Crippen molar-refractivity contribution in [2.24, 2.45) is 7.05 Å². The summed E-state index contributed by atoms with van der Waals surface area (Å²) in [7, 11) is 1.77. The van der Waals surface area contributed by atoms with Gasteiger partial charge in [-0.2, -0.15) is 0 Å². The van der Waals surface area contributed by atoms with Gasteiger partial charge >= 0.3 is 0 Å². The molecule has 6 heteroatoms. The van der Waals surface area contributed by atoms with Crippen LogP contribution in [0.2, 0.25) is 0 Å². The van der Waals surface area contributed by atoms with Gasteiger partial charge in [0.05, 0.1) is 19.4 Å². The lowest BCUT2D eigenvalue weighted by molar-refractivity contribution is -0.105. The molecule has 1 aromatic heterocycles. The molecule has 1 fully saturated rings. The molecule has 6 nitrogen and oxygen atoms in total. The SMILES string of the molecule is Cn1cc(NC=O)c(OC2CCOC2)n1. The van der Waals surface area contributed by atoms with Gasteiger partial charge in [-0.25, -0.2) is 0 Å². The molecule has 1 unspecified atom stereocenters. The Kier molecular flexibility index (Phi) is 2.86. The summed E-state index contributed by atoms with van der Waals surface area (Å²) in [5, 5.41) is 6.65. The minimum Gasteiger partial charge on any atom is -0.469 e. The van der Waals surface area contributed by atoms with Crippen molar-refractivity contribution in [3.05, 3.63) is 6.20 Å². The largest absolute Gasteiger partial charge is 0.469 e. The van der Waals surface area contributed by atoms with Crippen LogP contribution in [0.15, 0.2) is 6.20 Å². The zero-order valence-electron chi connectivity index (χ0n) is 8.47. The molecule has 0 radical (unpaired) electrons. The monoisotopic (exact) mass is 211 g/mol. The van der Waals surface area contributed by atoms with E-state index >= 15 is 0 Å². The Balaban J connectivity index is 2.07. The molecule has 0 aliphatic carbocycles. The summed E-state index contributed by atoms with van der Waals surface area (Å²) < 4.78 is 12.4. The number of hydrogen-bond donors (Lipinski definition) is 1. The second-order valence-corrected chi connectivity index (χ2v) is 3.39. The number of carbonyl (C=O) groups excluding carboxylic acids is 1. The molecule has 0 spiro atoms. The Hall–Kier alpha value is -1.56. The van der Waals surface area contributed by atoms with E-state index in [-0.39, 0.29) is 6.10 Å². The second kappa shape index (κ2) is 4.31. The van der Waals surface area contributed by atoms with E-state index < -0.39 is 0 Å². The summed E-state index contributed by atoms with van der Waals surface area (Å²) in [6.07, 6.45) is 3.19. The zero-order chi connectivity index (χ0) is 10.7. The highest BCUT2D eigenvalue weighted by atomic mass is 16.6. The average molecular weight is 211 g/mol. The third-order valence-electron chi connectivity index (χ3n) is 2.18. The van der Waals surface area contributed by atoms with Crippen molar-refractivity contribution in [1.82, 2.24) is 9.78 Å². The molecule has 15 heavy (non-hydrogen) atoms. The molecule has 0 aromatic carbocycles. The van der Waals surface area contributed by atoms with E-state index in [2.05, 4.69) is 10.4 Å². The number of carbonyl (C=O) groups is 1. The van der Waals surface area contributed by atoms with E-state index in [1.165, 1.54) is 0 Å². The fourth-order valence-electron chi connectivity index (χ4n) is 1.48. The molecule has 1 aromatic rings. The summed E-state index contributed by atoms with van der Waals surface area (Å²) in [5.74, 6) is 0.445. The Morgan fingerprint density at radius 3 is 3.33 bits per heavy atom. The van der Waals surface area contributed by atoms with Gasteiger partial charge in [0, 0.05) is 13.5 Å². The van der Waals surface area contributed by atoms with Gasteiger partial charge in [-0.15, -0.1) is 5.10 Å². The van der Waals surface area contributed by atoms with Crippen LogP contribution in [-0.4, -0.2) is 35.5 Å². The lowest BCUT2D eigenvalue weighted by Gasteiger charge is -2.09. The number of amides is 1. The molecule has 1 saturated heterocycles. The van der Waals surface area contributed by atoms with Crippen LogP contribution in [-0.2, 0) is 16.6 Å². The molecule has 0 bridgehead atoms. The third kappa shape index (κ3) is 2.27. The number of rotatable bonds is 4.